The number of aliphatic hydroxyl groups is 1. The van der Waals surface area contributed by atoms with Gasteiger partial charge in [0.2, 0.25) is 0 Å². The molecule has 0 aliphatic rings. The van der Waals surface area contributed by atoms with Crippen LogP contribution in [0.1, 0.15) is 47.7 Å². The van der Waals surface area contributed by atoms with E-state index in [2.05, 4.69) is 22.0 Å². The number of aromatic nitrogens is 3. The van der Waals surface area contributed by atoms with E-state index >= 15 is 0 Å². The predicted octanol–water partition coefficient (Wildman–Crippen LogP) is 4.06. The lowest BCUT2D eigenvalue weighted by Crippen LogP contribution is -2.07. The van der Waals surface area contributed by atoms with E-state index in [-0.39, 0.29) is 6.42 Å². The van der Waals surface area contributed by atoms with E-state index in [0.29, 0.717) is 24.6 Å². The van der Waals surface area contributed by atoms with E-state index in [1.807, 2.05) is 59.2 Å². The number of aliphatic carboxylic acids is 1. The van der Waals surface area contributed by atoms with Gasteiger partial charge in [-0.1, -0.05) is 29.1 Å². The molecule has 1 atom stereocenters. The third kappa shape index (κ3) is 5.76. The van der Waals surface area contributed by atoms with Gasteiger partial charge in [-0.2, -0.15) is 0 Å². The van der Waals surface area contributed by atoms with E-state index < -0.39 is 12.1 Å². The number of aliphatic hydroxyl groups excluding tert-OH is 1. The highest BCUT2D eigenvalue weighted by molar-refractivity contribution is 5.67. The second kappa shape index (κ2) is 9.98. The van der Waals surface area contributed by atoms with Crippen molar-refractivity contribution in [3.8, 4) is 23.2 Å². The van der Waals surface area contributed by atoms with Crippen LogP contribution in [0.3, 0.4) is 0 Å². The van der Waals surface area contributed by atoms with Crippen molar-refractivity contribution in [2.75, 3.05) is 0 Å². The number of imidazole rings is 1. The molecule has 33 heavy (non-hydrogen) atoms. The molecule has 2 aromatic carbocycles. The second-order valence-corrected chi connectivity index (χ2v) is 7.69. The summed E-state index contributed by atoms with van der Waals surface area (Å²) in [5.74, 6) is 6.70. The van der Waals surface area contributed by atoms with E-state index in [9.17, 15) is 9.90 Å². The molecule has 4 rings (SSSR count). The second-order valence-electron chi connectivity index (χ2n) is 7.69. The van der Waals surface area contributed by atoms with Crippen LogP contribution in [-0.4, -0.2) is 30.9 Å². The normalized spacial score (nSPS) is 11.6. The highest BCUT2D eigenvalue weighted by Gasteiger charge is 2.12. The van der Waals surface area contributed by atoms with Gasteiger partial charge >= 0.3 is 5.97 Å². The maximum atomic E-state index is 10.7. The first-order valence-electron chi connectivity index (χ1n) is 10.6. The third-order valence-corrected chi connectivity index (χ3v) is 5.11. The zero-order valence-electron chi connectivity index (χ0n) is 18.1. The minimum atomic E-state index is -0.799. The highest BCUT2D eigenvalue weighted by Crippen LogP contribution is 2.22. The molecule has 0 aliphatic carbocycles. The lowest BCUT2D eigenvalue weighted by atomic mass is 10.1. The Kier molecular flexibility index (Phi) is 6.67. The fraction of sp³-hybridized carbons (Fsp3) is 0.192. The Hall–Kier alpha value is -4.15. The van der Waals surface area contributed by atoms with E-state index in [1.165, 1.54) is 0 Å². The Bertz CT molecular complexity index is 1290. The van der Waals surface area contributed by atoms with Gasteiger partial charge in [0, 0.05) is 41.6 Å². The van der Waals surface area contributed by atoms with Crippen LogP contribution in [0.25, 0.3) is 11.3 Å². The van der Waals surface area contributed by atoms with Crippen molar-refractivity contribution in [2.45, 2.75) is 32.4 Å². The largest absolute Gasteiger partial charge is 0.481 e. The Morgan fingerprint density at radius 2 is 1.76 bits per heavy atom. The molecule has 0 saturated carbocycles. The first kappa shape index (κ1) is 22.1. The van der Waals surface area contributed by atoms with Gasteiger partial charge < -0.3 is 19.3 Å². The van der Waals surface area contributed by atoms with Crippen LogP contribution in [0.5, 0.6) is 0 Å². The van der Waals surface area contributed by atoms with Crippen molar-refractivity contribution in [3.05, 3.63) is 95.2 Å². The summed E-state index contributed by atoms with van der Waals surface area (Å²) in [7, 11) is 0. The fourth-order valence-corrected chi connectivity index (χ4v) is 3.39. The quantitative estimate of drug-likeness (QED) is 0.420. The standard InChI is InChI=1S/C26H23N3O4/c1-18(30)26-27-14-15-29(26)17-23-16-24(33-28-23)22-11-8-21(9-12-22)7-4-19-2-5-20(6-3-19)10-13-25(31)32/h2-3,5-6,8-9,11-12,14-16,18,30H,10,13,17H2,1H3,(H,31,32). The maximum Gasteiger partial charge on any atom is 0.303 e. The monoisotopic (exact) mass is 441 g/mol. The first-order valence-corrected chi connectivity index (χ1v) is 10.6. The summed E-state index contributed by atoms with van der Waals surface area (Å²) in [6, 6.07) is 17.2. The SMILES string of the molecule is CC(O)c1nccn1Cc1cc(-c2ccc(C#Cc3ccc(CCC(=O)O)cc3)cc2)on1. The van der Waals surface area contributed by atoms with Crippen LogP contribution in [0.4, 0.5) is 0 Å². The summed E-state index contributed by atoms with van der Waals surface area (Å²) in [6.07, 6.45) is 3.42. The molecule has 0 amide bonds. The number of hydrogen-bond acceptors (Lipinski definition) is 5. The zero-order valence-corrected chi connectivity index (χ0v) is 18.1. The molecule has 2 N–H and O–H groups in total. The van der Waals surface area contributed by atoms with Gasteiger partial charge in [-0.25, -0.2) is 4.98 Å². The van der Waals surface area contributed by atoms with Gasteiger partial charge in [0.1, 0.15) is 17.6 Å². The molecule has 1 unspecified atom stereocenters. The predicted molar refractivity (Wildman–Crippen MR) is 122 cm³/mol. The molecule has 2 aromatic heterocycles. The van der Waals surface area contributed by atoms with E-state index in [0.717, 1.165) is 27.9 Å². The minimum Gasteiger partial charge on any atom is -0.481 e. The molecule has 0 spiro atoms. The molecule has 166 valence electrons. The fourth-order valence-electron chi connectivity index (χ4n) is 3.39. The average molecular weight is 441 g/mol. The summed E-state index contributed by atoms with van der Waals surface area (Å²) in [6.45, 7) is 2.14. The minimum absolute atomic E-state index is 0.122. The summed E-state index contributed by atoms with van der Waals surface area (Å²) in [5, 5.41) is 22.7. The lowest BCUT2D eigenvalue weighted by Gasteiger charge is -2.07. The Labute approximate surface area is 191 Å². The van der Waals surface area contributed by atoms with Crippen LogP contribution in [0.15, 0.2) is 71.5 Å². The van der Waals surface area contributed by atoms with Crippen molar-refractivity contribution < 1.29 is 19.5 Å². The summed E-state index contributed by atoms with van der Waals surface area (Å²) >= 11 is 0. The van der Waals surface area contributed by atoms with Gasteiger partial charge in [0.15, 0.2) is 5.76 Å². The average Bonchev–Trinajstić information content (AvgIpc) is 3.47. The molecule has 0 bridgehead atoms. The Balaban J connectivity index is 1.40. The smallest absolute Gasteiger partial charge is 0.303 e. The van der Waals surface area contributed by atoms with E-state index in [1.54, 1.807) is 19.3 Å². The number of carboxylic acids is 1. The van der Waals surface area contributed by atoms with Gasteiger partial charge in [0.05, 0.1) is 6.54 Å². The summed E-state index contributed by atoms with van der Waals surface area (Å²) < 4.78 is 7.33. The van der Waals surface area contributed by atoms with Crippen LogP contribution in [-0.2, 0) is 17.8 Å². The maximum absolute atomic E-state index is 10.7. The molecule has 2 heterocycles. The summed E-state index contributed by atoms with van der Waals surface area (Å²) in [5.41, 5.74) is 4.35. The third-order valence-electron chi connectivity index (χ3n) is 5.11. The van der Waals surface area contributed by atoms with Gasteiger partial charge in [-0.15, -0.1) is 0 Å². The Morgan fingerprint density at radius 1 is 1.09 bits per heavy atom. The van der Waals surface area contributed by atoms with Crippen molar-refractivity contribution in [2.24, 2.45) is 0 Å². The van der Waals surface area contributed by atoms with Crippen LogP contribution >= 0.6 is 0 Å². The zero-order chi connectivity index (χ0) is 23.2. The van der Waals surface area contributed by atoms with Crippen molar-refractivity contribution in [1.29, 1.82) is 0 Å². The van der Waals surface area contributed by atoms with Crippen molar-refractivity contribution >= 4 is 5.97 Å². The molecule has 0 saturated heterocycles. The van der Waals surface area contributed by atoms with Crippen LogP contribution in [0, 0.1) is 11.8 Å². The number of rotatable bonds is 7. The molecular formula is C26H23N3O4. The number of benzene rings is 2. The molecule has 4 aromatic rings. The molecule has 0 radical (unpaired) electrons. The number of aryl methyl sites for hydroxylation is 1. The molecule has 0 fully saturated rings. The first-order chi connectivity index (χ1) is 16.0. The van der Waals surface area contributed by atoms with Gasteiger partial charge in [-0.05, 0) is 55.3 Å². The topological polar surface area (TPSA) is 101 Å². The Morgan fingerprint density at radius 3 is 2.39 bits per heavy atom. The van der Waals surface area contributed by atoms with E-state index in [4.69, 9.17) is 9.63 Å². The van der Waals surface area contributed by atoms with Gasteiger partial charge in [0.25, 0.3) is 0 Å². The van der Waals surface area contributed by atoms with Crippen LogP contribution < -0.4 is 0 Å². The lowest BCUT2D eigenvalue weighted by molar-refractivity contribution is -0.136. The molecule has 0 aliphatic heterocycles. The molecular weight excluding hydrogens is 418 g/mol. The summed E-state index contributed by atoms with van der Waals surface area (Å²) in [4.78, 5) is 14.8. The van der Waals surface area contributed by atoms with Crippen LogP contribution in [0.2, 0.25) is 0 Å². The van der Waals surface area contributed by atoms with Gasteiger partial charge in [-0.3, -0.25) is 4.79 Å². The molecule has 7 heteroatoms. The number of carbonyl (C=O) groups is 1. The number of nitrogens with zero attached hydrogens (tertiary/aromatic N) is 3. The number of hydrogen-bond donors (Lipinski definition) is 2. The van der Waals surface area contributed by atoms with Crippen molar-refractivity contribution in [3.63, 3.8) is 0 Å². The number of carboxylic acid groups (broad SMARTS) is 1. The molecule has 7 nitrogen and oxygen atoms in total. The van der Waals surface area contributed by atoms with Crippen molar-refractivity contribution in [1.82, 2.24) is 14.7 Å². The highest BCUT2D eigenvalue weighted by atomic mass is 16.5.